The van der Waals surface area contributed by atoms with Crippen LogP contribution in [0.5, 0.6) is 17.2 Å². The van der Waals surface area contributed by atoms with E-state index in [0.717, 1.165) is 53.2 Å². The zero-order chi connectivity index (χ0) is 35.2. The van der Waals surface area contributed by atoms with Gasteiger partial charge in [0.25, 0.3) is 0 Å². The van der Waals surface area contributed by atoms with Crippen LogP contribution in [0.25, 0.3) is 0 Å². The Kier molecular flexibility index (Phi) is 13.5. The van der Waals surface area contributed by atoms with Crippen LogP contribution >= 0.6 is 0 Å². The molecule has 2 atom stereocenters. The predicted octanol–water partition coefficient (Wildman–Crippen LogP) is 6.70. The van der Waals surface area contributed by atoms with Gasteiger partial charge in [-0.2, -0.15) is 5.10 Å². The molecule has 5 rings (SSSR count). The Balaban J connectivity index is 1.12. The molecule has 1 amide bonds. The molecule has 268 valence electrons. The molecule has 1 saturated heterocycles. The Labute approximate surface area is 295 Å². The van der Waals surface area contributed by atoms with Crippen LogP contribution in [0.4, 0.5) is 4.79 Å². The van der Waals surface area contributed by atoms with Gasteiger partial charge in [0.1, 0.15) is 42.1 Å². The van der Waals surface area contributed by atoms with Crippen molar-refractivity contribution in [2.45, 2.75) is 70.8 Å². The second kappa shape index (κ2) is 18.4. The third kappa shape index (κ3) is 11.2. The number of benzene rings is 3. The van der Waals surface area contributed by atoms with Gasteiger partial charge in [-0.3, -0.25) is 4.68 Å². The Morgan fingerprint density at radius 3 is 2.38 bits per heavy atom. The van der Waals surface area contributed by atoms with Gasteiger partial charge in [0, 0.05) is 31.0 Å². The van der Waals surface area contributed by atoms with Gasteiger partial charge in [0.2, 0.25) is 0 Å². The highest BCUT2D eigenvalue weighted by Gasteiger charge is 2.35. The van der Waals surface area contributed by atoms with Crippen molar-refractivity contribution in [3.05, 3.63) is 102 Å². The molecule has 0 spiro atoms. The molecule has 0 radical (unpaired) electrons. The summed E-state index contributed by atoms with van der Waals surface area (Å²) in [6.45, 7) is 9.76. The lowest BCUT2D eigenvalue weighted by molar-refractivity contribution is -0.0358. The molecule has 4 aromatic rings. The van der Waals surface area contributed by atoms with Crippen LogP contribution in [-0.2, 0) is 33.8 Å². The van der Waals surface area contributed by atoms with Crippen LogP contribution in [0, 0.1) is 0 Å². The molecule has 3 aromatic carbocycles. The average Bonchev–Trinajstić information content (AvgIpc) is 3.65. The number of carbonyl (C=O) groups is 1. The van der Waals surface area contributed by atoms with Crippen molar-refractivity contribution in [1.29, 1.82) is 0 Å². The number of rotatable bonds is 17. The van der Waals surface area contributed by atoms with Crippen LogP contribution in [0.2, 0.25) is 0 Å². The first kappa shape index (κ1) is 36.7. The molecule has 2 heterocycles. The van der Waals surface area contributed by atoms with E-state index in [1.165, 1.54) is 6.33 Å². The summed E-state index contributed by atoms with van der Waals surface area (Å²) in [6.07, 6.45) is 4.99. The molecule has 0 bridgehead atoms. The molecule has 0 saturated carbocycles. The molecule has 1 aromatic heterocycles. The summed E-state index contributed by atoms with van der Waals surface area (Å²) in [7, 11) is 1.67. The second-order valence-corrected chi connectivity index (χ2v) is 13.2. The fourth-order valence-corrected chi connectivity index (χ4v) is 5.91. The number of para-hydroxylation sites is 2. The highest BCUT2D eigenvalue weighted by Crippen LogP contribution is 2.32. The van der Waals surface area contributed by atoms with Crippen molar-refractivity contribution in [3.63, 3.8) is 0 Å². The molecule has 50 heavy (non-hydrogen) atoms. The van der Waals surface area contributed by atoms with E-state index in [0.29, 0.717) is 52.7 Å². The lowest BCUT2D eigenvalue weighted by atomic mass is 9.87. The number of aromatic nitrogens is 3. The fraction of sp³-hybridized carbons (Fsp3) is 0.462. The summed E-state index contributed by atoms with van der Waals surface area (Å²) in [6, 6.07) is 24.1. The summed E-state index contributed by atoms with van der Waals surface area (Å²) in [5.41, 5.74) is 2.69. The van der Waals surface area contributed by atoms with Gasteiger partial charge in [-0.1, -0.05) is 48.5 Å². The Bertz CT molecular complexity index is 1590. The molecule has 0 aliphatic carbocycles. The van der Waals surface area contributed by atoms with Gasteiger partial charge in [-0.25, -0.2) is 9.78 Å². The van der Waals surface area contributed by atoms with Crippen molar-refractivity contribution in [3.8, 4) is 17.2 Å². The van der Waals surface area contributed by atoms with E-state index in [9.17, 15) is 4.79 Å². The number of carbonyl (C=O) groups excluding carboxylic acids is 1. The van der Waals surface area contributed by atoms with Gasteiger partial charge < -0.3 is 33.3 Å². The van der Waals surface area contributed by atoms with Crippen molar-refractivity contribution >= 4 is 6.09 Å². The number of ether oxygens (including phenoxy) is 6. The zero-order valence-electron chi connectivity index (χ0n) is 29.7. The molecule has 0 N–H and O–H groups in total. The van der Waals surface area contributed by atoms with Gasteiger partial charge in [0.15, 0.2) is 0 Å². The molecule has 1 fully saturated rings. The van der Waals surface area contributed by atoms with Gasteiger partial charge >= 0.3 is 6.09 Å². The number of aryl methyl sites for hydroxylation is 2. The number of methoxy groups -OCH3 is 1. The van der Waals surface area contributed by atoms with E-state index in [1.807, 2.05) is 75.4 Å². The number of nitrogens with zero attached hydrogens (tertiary/aromatic N) is 4. The monoisotopic (exact) mass is 686 g/mol. The molecule has 1 aliphatic rings. The smallest absolute Gasteiger partial charge is 0.410 e. The molecule has 2 unspecified atom stereocenters. The van der Waals surface area contributed by atoms with E-state index in [1.54, 1.807) is 23.0 Å². The SMILES string of the molecule is COc1ccccc1COCCCOc1ccc(C2CCN(C(=O)OC(C)(C)C)CC2OCCOc2ccccc2CCn2cncn2)cc1. The highest BCUT2D eigenvalue weighted by molar-refractivity contribution is 5.68. The van der Waals surface area contributed by atoms with Crippen LogP contribution in [0.15, 0.2) is 85.5 Å². The fourth-order valence-electron chi connectivity index (χ4n) is 5.91. The van der Waals surface area contributed by atoms with Crippen LogP contribution < -0.4 is 14.2 Å². The summed E-state index contributed by atoms with van der Waals surface area (Å²) in [5, 5.41) is 4.19. The number of likely N-dealkylation sites (tertiary alicyclic amines) is 1. The van der Waals surface area contributed by atoms with Gasteiger partial charge in [-0.15, -0.1) is 0 Å². The lowest BCUT2D eigenvalue weighted by Crippen LogP contribution is -2.48. The summed E-state index contributed by atoms with van der Waals surface area (Å²) in [4.78, 5) is 18.8. The summed E-state index contributed by atoms with van der Waals surface area (Å²) in [5.74, 6) is 2.56. The minimum atomic E-state index is -0.573. The molecular formula is C39H50N4O7. The van der Waals surface area contributed by atoms with E-state index in [4.69, 9.17) is 28.4 Å². The summed E-state index contributed by atoms with van der Waals surface area (Å²) >= 11 is 0. The number of hydrogen-bond donors (Lipinski definition) is 0. The van der Waals surface area contributed by atoms with Crippen molar-refractivity contribution in [2.75, 3.05) is 46.6 Å². The molecular weight excluding hydrogens is 636 g/mol. The van der Waals surface area contributed by atoms with Crippen molar-refractivity contribution in [1.82, 2.24) is 19.7 Å². The largest absolute Gasteiger partial charge is 0.496 e. The van der Waals surface area contributed by atoms with Gasteiger partial charge in [0.05, 0.1) is 46.2 Å². The van der Waals surface area contributed by atoms with E-state index in [2.05, 4.69) is 28.3 Å². The quantitative estimate of drug-likeness (QED) is 0.112. The first-order valence-electron chi connectivity index (χ1n) is 17.3. The van der Waals surface area contributed by atoms with Crippen molar-refractivity contribution < 1.29 is 33.2 Å². The second-order valence-electron chi connectivity index (χ2n) is 13.2. The van der Waals surface area contributed by atoms with Gasteiger partial charge in [-0.05, 0) is 69.0 Å². The lowest BCUT2D eigenvalue weighted by Gasteiger charge is -2.39. The Morgan fingerprint density at radius 1 is 0.880 bits per heavy atom. The minimum absolute atomic E-state index is 0.0982. The third-order valence-corrected chi connectivity index (χ3v) is 8.39. The van der Waals surface area contributed by atoms with Crippen LogP contribution in [0.3, 0.4) is 0 Å². The van der Waals surface area contributed by atoms with E-state index < -0.39 is 5.60 Å². The molecule has 11 nitrogen and oxygen atoms in total. The topological polar surface area (TPSA) is 106 Å². The average molecular weight is 687 g/mol. The maximum atomic E-state index is 13.0. The number of piperidine rings is 1. The zero-order valence-corrected chi connectivity index (χ0v) is 29.7. The third-order valence-electron chi connectivity index (χ3n) is 8.39. The minimum Gasteiger partial charge on any atom is -0.496 e. The maximum absolute atomic E-state index is 13.0. The highest BCUT2D eigenvalue weighted by atomic mass is 16.6. The molecule has 1 aliphatic heterocycles. The predicted molar refractivity (Wildman–Crippen MR) is 190 cm³/mol. The first-order valence-corrected chi connectivity index (χ1v) is 17.3. The number of hydrogen-bond acceptors (Lipinski definition) is 9. The van der Waals surface area contributed by atoms with E-state index >= 15 is 0 Å². The normalized spacial score (nSPS) is 16.2. The summed E-state index contributed by atoms with van der Waals surface area (Å²) < 4.78 is 37.4. The van der Waals surface area contributed by atoms with Crippen molar-refractivity contribution in [2.24, 2.45) is 0 Å². The molecule has 11 heteroatoms. The van der Waals surface area contributed by atoms with E-state index in [-0.39, 0.29) is 18.1 Å². The van der Waals surface area contributed by atoms with Crippen LogP contribution in [-0.4, -0.2) is 84.1 Å². The maximum Gasteiger partial charge on any atom is 0.410 e. The standard InChI is InChI=1S/C39H50N4O7/c1-39(2,3)50-38(44)42-20-19-34(30-14-16-33(17-15-30)47-23-9-22-46-27-32-11-6-7-12-35(32)45-4)37(26-42)49-25-24-48-36-13-8-5-10-31(36)18-21-43-29-40-28-41-43/h5-8,10-17,28-29,34,37H,9,18-27H2,1-4H3. The Morgan fingerprint density at radius 2 is 1.64 bits per heavy atom. The first-order chi connectivity index (χ1) is 24.3. The Hall–Kier alpha value is -4.61. The number of amides is 1. The van der Waals surface area contributed by atoms with Crippen LogP contribution in [0.1, 0.15) is 56.2 Å².